The van der Waals surface area contributed by atoms with Gasteiger partial charge in [0.25, 0.3) is 5.91 Å². The SMILES string of the molecule is O=C(COc1ccc(Cl)c(Cl)c1)N1CC[C@H](C(F)(F)F)[C@@H]1CO. The number of alkyl halides is 3. The van der Waals surface area contributed by atoms with Crippen LogP contribution in [0.25, 0.3) is 0 Å². The third kappa shape index (κ3) is 4.22. The molecule has 1 heterocycles. The van der Waals surface area contributed by atoms with Gasteiger partial charge in [-0.3, -0.25) is 4.79 Å². The van der Waals surface area contributed by atoms with Crippen LogP contribution in [0.4, 0.5) is 13.2 Å². The number of nitrogens with zero attached hydrogens (tertiary/aromatic N) is 1. The van der Waals surface area contributed by atoms with E-state index in [4.69, 9.17) is 27.9 Å². The molecule has 128 valence electrons. The van der Waals surface area contributed by atoms with Gasteiger partial charge in [-0.1, -0.05) is 23.2 Å². The Morgan fingerprint density at radius 2 is 2.04 bits per heavy atom. The first-order valence-corrected chi connectivity index (χ1v) is 7.54. The summed E-state index contributed by atoms with van der Waals surface area (Å²) in [6, 6.07) is 3.10. The summed E-state index contributed by atoms with van der Waals surface area (Å²) in [4.78, 5) is 13.1. The number of hydrogen-bond donors (Lipinski definition) is 1. The number of halogens is 5. The van der Waals surface area contributed by atoms with E-state index in [1.165, 1.54) is 18.2 Å². The second-order valence-corrected chi connectivity index (χ2v) is 5.95. The van der Waals surface area contributed by atoms with Crippen molar-refractivity contribution in [1.29, 1.82) is 0 Å². The molecule has 0 aliphatic carbocycles. The highest BCUT2D eigenvalue weighted by atomic mass is 35.5. The van der Waals surface area contributed by atoms with Crippen LogP contribution >= 0.6 is 23.2 Å². The van der Waals surface area contributed by atoms with Gasteiger partial charge in [-0.15, -0.1) is 0 Å². The van der Waals surface area contributed by atoms with Gasteiger partial charge in [0.2, 0.25) is 0 Å². The molecule has 0 unspecified atom stereocenters. The lowest BCUT2D eigenvalue weighted by molar-refractivity contribution is -0.184. The molecule has 0 aromatic heterocycles. The highest BCUT2D eigenvalue weighted by Crippen LogP contribution is 2.38. The Balaban J connectivity index is 1.99. The molecule has 0 bridgehead atoms. The van der Waals surface area contributed by atoms with Gasteiger partial charge < -0.3 is 14.7 Å². The van der Waals surface area contributed by atoms with Crippen molar-refractivity contribution >= 4 is 29.1 Å². The quantitative estimate of drug-likeness (QED) is 0.884. The van der Waals surface area contributed by atoms with Gasteiger partial charge in [-0.25, -0.2) is 0 Å². The molecule has 1 aromatic carbocycles. The molecule has 23 heavy (non-hydrogen) atoms. The number of aliphatic hydroxyl groups is 1. The average Bonchev–Trinajstić information content (AvgIpc) is 2.92. The van der Waals surface area contributed by atoms with Crippen LogP contribution < -0.4 is 4.74 Å². The first kappa shape index (κ1) is 18.2. The molecule has 1 aromatic rings. The van der Waals surface area contributed by atoms with E-state index in [0.29, 0.717) is 5.02 Å². The fourth-order valence-electron chi connectivity index (χ4n) is 2.57. The molecule has 1 saturated heterocycles. The molecule has 1 N–H and O–H groups in total. The molecule has 1 aliphatic heterocycles. The molecular weight excluding hydrogens is 358 g/mol. The fraction of sp³-hybridized carbons (Fsp3) is 0.500. The number of ether oxygens (including phenoxy) is 1. The van der Waals surface area contributed by atoms with E-state index in [2.05, 4.69) is 0 Å². The molecular formula is C14H14Cl2F3NO3. The molecule has 2 rings (SSSR count). The van der Waals surface area contributed by atoms with Crippen LogP contribution in [0.1, 0.15) is 6.42 Å². The Bertz CT molecular complexity index is 583. The molecule has 0 saturated carbocycles. The lowest BCUT2D eigenvalue weighted by atomic mass is 10.0. The van der Waals surface area contributed by atoms with E-state index in [-0.39, 0.29) is 23.7 Å². The summed E-state index contributed by atoms with van der Waals surface area (Å²) in [5, 5.41) is 9.76. The Morgan fingerprint density at radius 3 is 2.61 bits per heavy atom. The summed E-state index contributed by atoms with van der Waals surface area (Å²) in [6.45, 7) is -1.26. The third-order valence-corrected chi connectivity index (χ3v) is 4.47. The van der Waals surface area contributed by atoms with E-state index in [1.807, 2.05) is 0 Å². The first-order chi connectivity index (χ1) is 10.7. The number of rotatable bonds is 4. The Kier molecular flexibility index (Phi) is 5.65. The number of hydrogen-bond acceptors (Lipinski definition) is 3. The summed E-state index contributed by atoms with van der Waals surface area (Å²) < 4.78 is 43.8. The average molecular weight is 372 g/mol. The largest absolute Gasteiger partial charge is 0.484 e. The Labute approximate surface area is 140 Å². The van der Waals surface area contributed by atoms with E-state index < -0.39 is 37.3 Å². The minimum atomic E-state index is -4.45. The van der Waals surface area contributed by atoms with Crippen LogP contribution in [-0.2, 0) is 4.79 Å². The van der Waals surface area contributed by atoms with Gasteiger partial charge >= 0.3 is 6.18 Å². The molecule has 0 radical (unpaired) electrons. The highest BCUT2D eigenvalue weighted by Gasteiger charge is 2.51. The van der Waals surface area contributed by atoms with Crippen molar-refractivity contribution in [2.45, 2.75) is 18.6 Å². The second kappa shape index (κ2) is 7.15. The van der Waals surface area contributed by atoms with Crippen molar-refractivity contribution in [1.82, 2.24) is 4.90 Å². The molecule has 1 amide bonds. The lowest BCUT2D eigenvalue weighted by Gasteiger charge is -2.27. The van der Waals surface area contributed by atoms with E-state index in [9.17, 15) is 23.1 Å². The zero-order valence-electron chi connectivity index (χ0n) is 11.8. The minimum Gasteiger partial charge on any atom is -0.484 e. The monoisotopic (exact) mass is 371 g/mol. The van der Waals surface area contributed by atoms with E-state index >= 15 is 0 Å². The zero-order valence-corrected chi connectivity index (χ0v) is 13.3. The predicted molar refractivity (Wildman–Crippen MR) is 78.7 cm³/mol. The van der Waals surface area contributed by atoms with Crippen molar-refractivity contribution < 1.29 is 27.8 Å². The summed E-state index contributed by atoms with van der Waals surface area (Å²) >= 11 is 11.6. The highest BCUT2D eigenvalue weighted by molar-refractivity contribution is 6.42. The maximum atomic E-state index is 12.9. The van der Waals surface area contributed by atoms with Crippen molar-refractivity contribution in [2.75, 3.05) is 19.8 Å². The summed E-state index contributed by atoms with van der Waals surface area (Å²) in [7, 11) is 0. The van der Waals surface area contributed by atoms with Crippen LogP contribution in [0.3, 0.4) is 0 Å². The fourth-order valence-corrected chi connectivity index (χ4v) is 2.85. The normalized spacial score (nSPS) is 21.6. The lowest BCUT2D eigenvalue weighted by Crippen LogP contribution is -2.45. The zero-order chi connectivity index (χ0) is 17.2. The summed E-state index contributed by atoms with van der Waals surface area (Å²) in [5.74, 6) is -2.07. The van der Waals surface area contributed by atoms with Gasteiger partial charge in [0.15, 0.2) is 6.61 Å². The topological polar surface area (TPSA) is 49.8 Å². The standard InChI is InChI=1S/C14H14Cl2F3NO3/c15-10-2-1-8(5-11(10)16)23-7-13(22)20-4-3-9(12(20)6-21)14(17,18)19/h1-2,5,9,12,21H,3-4,6-7H2/t9-,12-/m0/s1. The number of aliphatic hydroxyl groups excluding tert-OH is 1. The van der Waals surface area contributed by atoms with Crippen molar-refractivity contribution in [3.05, 3.63) is 28.2 Å². The van der Waals surface area contributed by atoms with E-state index in [0.717, 1.165) is 4.90 Å². The number of likely N-dealkylation sites (tertiary alicyclic amines) is 1. The number of carbonyl (C=O) groups excluding carboxylic acids is 1. The molecule has 2 atom stereocenters. The maximum absolute atomic E-state index is 12.9. The molecule has 0 spiro atoms. The van der Waals surface area contributed by atoms with Crippen molar-refractivity contribution in [2.24, 2.45) is 5.92 Å². The van der Waals surface area contributed by atoms with Gasteiger partial charge in [0.05, 0.1) is 28.6 Å². The van der Waals surface area contributed by atoms with Crippen LogP contribution in [0.5, 0.6) is 5.75 Å². The predicted octanol–water partition coefficient (Wildman–Crippen LogP) is 3.14. The number of benzene rings is 1. The van der Waals surface area contributed by atoms with Gasteiger partial charge in [-0.05, 0) is 18.6 Å². The minimum absolute atomic E-state index is 0.0705. The van der Waals surface area contributed by atoms with Crippen LogP contribution in [0, 0.1) is 5.92 Å². The molecule has 1 fully saturated rings. The summed E-state index contributed by atoms with van der Waals surface area (Å²) in [5.41, 5.74) is 0. The van der Waals surface area contributed by atoms with Crippen LogP contribution in [-0.4, -0.2) is 47.9 Å². The first-order valence-electron chi connectivity index (χ1n) is 6.79. The summed E-state index contributed by atoms with van der Waals surface area (Å²) in [6.07, 6.45) is -4.68. The number of amides is 1. The molecule has 1 aliphatic rings. The van der Waals surface area contributed by atoms with Gasteiger partial charge in [0, 0.05) is 12.6 Å². The second-order valence-electron chi connectivity index (χ2n) is 5.14. The third-order valence-electron chi connectivity index (χ3n) is 3.73. The van der Waals surface area contributed by atoms with Crippen molar-refractivity contribution in [3.8, 4) is 5.75 Å². The van der Waals surface area contributed by atoms with Crippen LogP contribution in [0.2, 0.25) is 10.0 Å². The van der Waals surface area contributed by atoms with Crippen molar-refractivity contribution in [3.63, 3.8) is 0 Å². The molecule has 4 nitrogen and oxygen atoms in total. The Hall–Kier alpha value is -1.18. The van der Waals surface area contributed by atoms with Gasteiger partial charge in [0.1, 0.15) is 5.75 Å². The smallest absolute Gasteiger partial charge is 0.393 e. The molecule has 9 heteroatoms. The van der Waals surface area contributed by atoms with E-state index in [1.54, 1.807) is 0 Å². The number of carbonyl (C=O) groups is 1. The van der Waals surface area contributed by atoms with Crippen LogP contribution in [0.15, 0.2) is 18.2 Å². The Morgan fingerprint density at radius 1 is 1.35 bits per heavy atom. The maximum Gasteiger partial charge on any atom is 0.393 e. The van der Waals surface area contributed by atoms with Gasteiger partial charge in [-0.2, -0.15) is 13.2 Å².